The summed E-state index contributed by atoms with van der Waals surface area (Å²) in [6.07, 6.45) is 1.22. The molecule has 0 fully saturated rings. The van der Waals surface area contributed by atoms with Crippen LogP contribution in [0.5, 0.6) is 0 Å². The predicted molar refractivity (Wildman–Crippen MR) is 79.9 cm³/mol. The number of hydrogen-bond donors (Lipinski definition) is 0. The summed E-state index contributed by atoms with van der Waals surface area (Å²) in [5, 5.41) is 1.89. The van der Waals surface area contributed by atoms with E-state index in [-0.39, 0.29) is 11.3 Å². The first-order valence-corrected chi connectivity index (χ1v) is 9.68. The average Bonchev–Trinajstić information content (AvgIpc) is 2.66. The molecule has 8 heteroatoms. The molecule has 19 heavy (non-hydrogen) atoms. The standard InChI is InChI=1S/C11H14N2O3S3/c1-8-6-18-11-12-9(5-10(14)13(8)11)7-17-3-4-19(2,15)16/h5-6H,3-4,7H2,1-2H3. The molecule has 0 aliphatic rings. The SMILES string of the molecule is Cc1csc2nc(CSCCS(C)(=O)=O)cc(=O)n12. The summed E-state index contributed by atoms with van der Waals surface area (Å²) in [5.41, 5.74) is 1.50. The van der Waals surface area contributed by atoms with Crippen LogP contribution in [-0.2, 0) is 15.6 Å². The molecule has 104 valence electrons. The van der Waals surface area contributed by atoms with Crippen molar-refractivity contribution in [2.24, 2.45) is 0 Å². The lowest BCUT2D eigenvalue weighted by Crippen LogP contribution is -2.14. The minimum Gasteiger partial charge on any atom is -0.269 e. The van der Waals surface area contributed by atoms with Gasteiger partial charge < -0.3 is 0 Å². The predicted octanol–water partition coefficient (Wildman–Crippen LogP) is 1.34. The van der Waals surface area contributed by atoms with E-state index < -0.39 is 9.84 Å². The van der Waals surface area contributed by atoms with Crippen molar-refractivity contribution in [1.82, 2.24) is 9.38 Å². The zero-order chi connectivity index (χ0) is 14.0. The molecule has 2 heterocycles. The molecule has 0 bridgehead atoms. The Morgan fingerprint density at radius 2 is 2.21 bits per heavy atom. The second-order valence-corrected chi connectivity index (χ2v) is 8.46. The fourth-order valence-electron chi connectivity index (χ4n) is 1.56. The van der Waals surface area contributed by atoms with Gasteiger partial charge in [-0.2, -0.15) is 11.8 Å². The monoisotopic (exact) mass is 318 g/mol. The first-order valence-electron chi connectivity index (χ1n) is 5.59. The van der Waals surface area contributed by atoms with Gasteiger partial charge in [-0.15, -0.1) is 11.3 Å². The molecule has 0 saturated carbocycles. The number of sulfone groups is 1. The molecule has 0 radical (unpaired) electrons. The van der Waals surface area contributed by atoms with Crippen LogP contribution in [0.15, 0.2) is 16.2 Å². The molecule has 0 amide bonds. The first-order chi connectivity index (χ1) is 8.87. The largest absolute Gasteiger partial charge is 0.269 e. The summed E-state index contributed by atoms with van der Waals surface area (Å²) in [7, 11) is -2.92. The van der Waals surface area contributed by atoms with Gasteiger partial charge in [0.15, 0.2) is 4.96 Å². The Balaban J connectivity index is 2.08. The van der Waals surface area contributed by atoms with Gasteiger partial charge in [0.2, 0.25) is 0 Å². The lowest BCUT2D eigenvalue weighted by atomic mass is 10.4. The lowest BCUT2D eigenvalue weighted by molar-refractivity contribution is 0.603. The highest BCUT2D eigenvalue weighted by Gasteiger charge is 2.07. The van der Waals surface area contributed by atoms with E-state index in [0.717, 1.165) is 5.69 Å². The van der Waals surface area contributed by atoms with E-state index in [2.05, 4.69) is 4.98 Å². The fraction of sp³-hybridized carbons (Fsp3) is 0.455. The highest BCUT2D eigenvalue weighted by molar-refractivity contribution is 7.99. The Labute approximate surface area is 119 Å². The Kier molecular flexibility index (Phi) is 4.32. The molecular weight excluding hydrogens is 304 g/mol. The zero-order valence-corrected chi connectivity index (χ0v) is 13.1. The molecule has 5 nitrogen and oxygen atoms in total. The molecule has 2 aromatic heterocycles. The van der Waals surface area contributed by atoms with E-state index in [1.165, 1.54) is 35.4 Å². The van der Waals surface area contributed by atoms with Crippen molar-refractivity contribution < 1.29 is 8.42 Å². The molecule has 0 atom stereocenters. The van der Waals surface area contributed by atoms with E-state index in [1.807, 2.05) is 12.3 Å². The van der Waals surface area contributed by atoms with Crippen molar-refractivity contribution in [3.63, 3.8) is 0 Å². The molecule has 0 unspecified atom stereocenters. The van der Waals surface area contributed by atoms with Crippen LogP contribution in [0, 0.1) is 6.92 Å². The maximum Gasteiger partial charge on any atom is 0.258 e. The van der Waals surface area contributed by atoms with Crippen LogP contribution in [-0.4, -0.2) is 35.6 Å². The van der Waals surface area contributed by atoms with Crippen molar-refractivity contribution in [3.05, 3.63) is 33.2 Å². The number of aromatic nitrogens is 2. The molecule has 0 aliphatic heterocycles. The number of rotatable bonds is 5. The summed E-state index contributed by atoms with van der Waals surface area (Å²) in [4.78, 5) is 17.0. The minimum absolute atomic E-state index is 0.0811. The van der Waals surface area contributed by atoms with Crippen LogP contribution < -0.4 is 5.56 Å². The molecule has 2 aromatic rings. The molecular formula is C11H14N2O3S3. The molecule has 0 spiro atoms. The Bertz CT molecular complexity index is 746. The van der Waals surface area contributed by atoms with Gasteiger partial charge in [0.05, 0.1) is 11.4 Å². The normalized spacial score (nSPS) is 12.1. The molecule has 2 rings (SSSR count). The van der Waals surface area contributed by atoms with E-state index in [1.54, 1.807) is 4.40 Å². The van der Waals surface area contributed by atoms with Gasteiger partial charge in [0, 0.05) is 34.9 Å². The van der Waals surface area contributed by atoms with Crippen molar-refractivity contribution in [2.45, 2.75) is 12.7 Å². The fourth-order valence-corrected chi connectivity index (χ4v) is 4.64. The van der Waals surface area contributed by atoms with E-state index in [9.17, 15) is 13.2 Å². The quantitative estimate of drug-likeness (QED) is 0.778. The highest BCUT2D eigenvalue weighted by Crippen LogP contribution is 2.14. The Hall–Kier alpha value is -0.860. The first kappa shape index (κ1) is 14.5. The summed E-state index contributed by atoms with van der Waals surface area (Å²) in [6, 6.07) is 1.51. The smallest absolute Gasteiger partial charge is 0.258 e. The van der Waals surface area contributed by atoms with Crippen LogP contribution >= 0.6 is 23.1 Å². The van der Waals surface area contributed by atoms with Gasteiger partial charge in [-0.1, -0.05) is 0 Å². The summed E-state index contributed by atoms with van der Waals surface area (Å²) in [6.45, 7) is 1.87. The topological polar surface area (TPSA) is 68.5 Å². The summed E-state index contributed by atoms with van der Waals surface area (Å²) >= 11 is 2.90. The average molecular weight is 318 g/mol. The number of thiazole rings is 1. The van der Waals surface area contributed by atoms with Crippen LogP contribution in [0.4, 0.5) is 0 Å². The van der Waals surface area contributed by atoms with Crippen molar-refractivity contribution in [3.8, 4) is 0 Å². The van der Waals surface area contributed by atoms with Crippen LogP contribution in [0.2, 0.25) is 0 Å². The van der Waals surface area contributed by atoms with Gasteiger partial charge in [0.25, 0.3) is 5.56 Å². The van der Waals surface area contributed by atoms with Crippen LogP contribution in [0.25, 0.3) is 4.96 Å². The second kappa shape index (κ2) is 5.64. The maximum atomic E-state index is 11.9. The molecule has 0 saturated heterocycles. The molecule has 0 N–H and O–H groups in total. The zero-order valence-electron chi connectivity index (χ0n) is 10.6. The number of fused-ring (bicyclic) bond motifs is 1. The van der Waals surface area contributed by atoms with Gasteiger partial charge in [0.1, 0.15) is 9.84 Å². The summed E-state index contributed by atoms with van der Waals surface area (Å²) in [5.74, 6) is 1.22. The summed E-state index contributed by atoms with van der Waals surface area (Å²) < 4.78 is 23.6. The Morgan fingerprint density at radius 1 is 1.47 bits per heavy atom. The van der Waals surface area contributed by atoms with Crippen molar-refractivity contribution in [1.29, 1.82) is 0 Å². The van der Waals surface area contributed by atoms with Crippen LogP contribution in [0.1, 0.15) is 11.4 Å². The Morgan fingerprint density at radius 3 is 2.89 bits per heavy atom. The van der Waals surface area contributed by atoms with E-state index in [4.69, 9.17) is 0 Å². The number of aryl methyl sites for hydroxylation is 1. The van der Waals surface area contributed by atoms with Gasteiger partial charge in [-0.25, -0.2) is 13.4 Å². The molecule has 0 aliphatic carbocycles. The van der Waals surface area contributed by atoms with Gasteiger partial charge in [-0.3, -0.25) is 9.20 Å². The number of thioether (sulfide) groups is 1. The van der Waals surface area contributed by atoms with Gasteiger partial charge >= 0.3 is 0 Å². The van der Waals surface area contributed by atoms with E-state index >= 15 is 0 Å². The van der Waals surface area contributed by atoms with Crippen molar-refractivity contribution >= 4 is 37.9 Å². The van der Waals surface area contributed by atoms with Crippen LogP contribution in [0.3, 0.4) is 0 Å². The third-order valence-corrected chi connectivity index (χ3v) is 5.62. The second-order valence-electron chi connectivity index (χ2n) is 4.26. The maximum absolute atomic E-state index is 11.9. The lowest BCUT2D eigenvalue weighted by Gasteiger charge is -2.02. The molecule has 0 aromatic carbocycles. The third-order valence-electron chi connectivity index (χ3n) is 2.48. The number of hydrogen-bond acceptors (Lipinski definition) is 6. The third kappa shape index (κ3) is 3.80. The van der Waals surface area contributed by atoms with Gasteiger partial charge in [-0.05, 0) is 6.92 Å². The number of nitrogens with zero attached hydrogens (tertiary/aromatic N) is 2. The van der Waals surface area contributed by atoms with Crippen molar-refractivity contribution in [2.75, 3.05) is 17.8 Å². The highest BCUT2D eigenvalue weighted by atomic mass is 32.2. The minimum atomic E-state index is -2.92. The van der Waals surface area contributed by atoms with E-state index in [0.29, 0.717) is 22.2 Å².